The second kappa shape index (κ2) is 4.60. The van der Waals surface area contributed by atoms with Crippen LogP contribution in [0.25, 0.3) is 0 Å². The molecule has 1 rings (SSSR count). The Kier molecular flexibility index (Phi) is 3.92. The smallest absolute Gasteiger partial charge is 0.323 e. The third-order valence-electron chi connectivity index (χ3n) is 4.55. The fourth-order valence-electron chi connectivity index (χ4n) is 3.07. The fraction of sp³-hybridized carbons (Fsp3) is 0.929. The molecule has 3 heteroatoms. The monoisotopic (exact) mass is 241 g/mol. The number of likely N-dealkylation sites (N-methyl/N-ethyl adjacent to an activating group) is 1. The average molecular weight is 241 g/mol. The van der Waals surface area contributed by atoms with Gasteiger partial charge in [-0.05, 0) is 51.5 Å². The summed E-state index contributed by atoms with van der Waals surface area (Å²) in [6, 6.07) is 0.383. The predicted octanol–water partition coefficient (Wildman–Crippen LogP) is 3.00. The van der Waals surface area contributed by atoms with Crippen LogP contribution < -0.4 is 0 Å². The van der Waals surface area contributed by atoms with E-state index in [0.717, 1.165) is 6.42 Å². The van der Waals surface area contributed by atoms with Gasteiger partial charge in [0.2, 0.25) is 0 Å². The standard InChI is InChI=1S/C14H27NO2/c1-10-9-13(2,3)8-7-11(10)15(6)14(4,5)12(16)17/h10-11H,7-9H2,1-6H3,(H,16,17). The van der Waals surface area contributed by atoms with Crippen molar-refractivity contribution in [1.29, 1.82) is 0 Å². The first-order chi connectivity index (χ1) is 7.58. The maximum atomic E-state index is 11.3. The number of hydrogen-bond donors (Lipinski definition) is 1. The van der Waals surface area contributed by atoms with Crippen LogP contribution in [0.1, 0.15) is 53.9 Å². The number of rotatable bonds is 3. The fourth-order valence-corrected chi connectivity index (χ4v) is 3.07. The van der Waals surface area contributed by atoms with Gasteiger partial charge in [-0.1, -0.05) is 20.8 Å². The lowest BCUT2D eigenvalue weighted by atomic mass is 9.69. The van der Waals surface area contributed by atoms with Gasteiger partial charge in [0.15, 0.2) is 0 Å². The molecule has 0 amide bonds. The normalized spacial score (nSPS) is 29.4. The third-order valence-corrected chi connectivity index (χ3v) is 4.55. The minimum absolute atomic E-state index is 0.383. The van der Waals surface area contributed by atoms with Crippen LogP contribution in [0, 0.1) is 11.3 Å². The summed E-state index contributed by atoms with van der Waals surface area (Å²) in [7, 11) is 1.95. The SMILES string of the molecule is CC1CC(C)(C)CCC1N(C)C(C)(C)C(=O)O. The van der Waals surface area contributed by atoms with Crippen molar-refractivity contribution in [1.82, 2.24) is 4.90 Å². The molecule has 1 fully saturated rings. The first kappa shape index (κ1) is 14.5. The molecule has 1 aliphatic rings. The molecule has 0 aliphatic heterocycles. The highest BCUT2D eigenvalue weighted by atomic mass is 16.4. The summed E-state index contributed by atoms with van der Waals surface area (Å²) >= 11 is 0. The van der Waals surface area contributed by atoms with E-state index >= 15 is 0 Å². The van der Waals surface area contributed by atoms with Gasteiger partial charge in [0.25, 0.3) is 0 Å². The van der Waals surface area contributed by atoms with E-state index < -0.39 is 11.5 Å². The molecule has 3 nitrogen and oxygen atoms in total. The number of aliphatic carboxylic acids is 1. The van der Waals surface area contributed by atoms with Crippen LogP contribution in [-0.2, 0) is 4.79 Å². The van der Waals surface area contributed by atoms with E-state index in [2.05, 4.69) is 25.7 Å². The molecule has 0 aromatic carbocycles. The number of carbonyl (C=O) groups is 1. The van der Waals surface area contributed by atoms with E-state index in [9.17, 15) is 9.90 Å². The molecule has 0 spiro atoms. The van der Waals surface area contributed by atoms with Crippen molar-refractivity contribution in [3.8, 4) is 0 Å². The lowest BCUT2D eigenvalue weighted by Gasteiger charge is -2.47. The average Bonchev–Trinajstić information content (AvgIpc) is 2.15. The maximum Gasteiger partial charge on any atom is 0.323 e. The van der Waals surface area contributed by atoms with Gasteiger partial charge >= 0.3 is 5.97 Å². The van der Waals surface area contributed by atoms with Gasteiger partial charge in [-0.15, -0.1) is 0 Å². The zero-order chi connectivity index (χ0) is 13.4. The van der Waals surface area contributed by atoms with Crippen molar-refractivity contribution in [3.63, 3.8) is 0 Å². The molecule has 0 aromatic heterocycles. The van der Waals surface area contributed by atoms with E-state index in [1.165, 1.54) is 12.8 Å². The van der Waals surface area contributed by atoms with Gasteiger partial charge in [0.1, 0.15) is 5.54 Å². The van der Waals surface area contributed by atoms with E-state index in [-0.39, 0.29) is 0 Å². The Labute approximate surface area is 105 Å². The van der Waals surface area contributed by atoms with Gasteiger partial charge < -0.3 is 5.11 Å². The minimum Gasteiger partial charge on any atom is -0.480 e. The second-order valence-electron chi connectivity index (χ2n) is 6.93. The lowest BCUT2D eigenvalue weighted by Crippen LogP contribution is -2.56. The summed E-state index contributed by atoms with van der Waals surface area (Å²) in [5.74, 6) is -0.181. The predicted molar refractivity (Wildman–Crippen MR) is 70.1 cm³/mol. The van der Waals surface area contributed by atoms with Gasteiger partial charge in [-0.2, -0.15) is 0 Å². The summed E-state index contributed by atoms with van der Waals surface area (Å²) in [4.78, 5) is 13.3. The molecule has 0 bridgehead atoms. The number of hydrogen-bond acceptors (Lipinski definition) is 2. The quantitative estimate of drug-likeness (QED) is 0.825. The molecule has 2 atom stereocenters. The Morgan fingerprint density at radius 3 is 2.35 bits per heavy atom. The number of carboxylic acid groups (broad SMARTS) is 1. The molecule has 1 saturated carbocycles. The van der Waals surface area contributed by atoms with E-state index in [1.54, 1.807) is 13.8 Å². The van der Waals surface area contributed by atoms with E-state index in [1.807, 2.05) is 7.05 Å². The zero-order valence-electron chi connectivity index (χ0n) is 12.1. The van der Waals surface area contributed by atoms with Crippen molar-refractivity contribution >= 4 is 5.97 Å². The Morgan fingerprint density at radius 1 is 1.41 bits per heavy atom. The minimum atomic E-state index is -0.777. The summed E-state index contributed by atoms with van der Waals surface area (Å²) in [5, 5.41) is 9.29. The van der Waals surface area contributed by atoms with Gasteiger partial charge in [0, 0.05) is 6.04 Å². The van der Waals surface area contributed by atoms with E-state index in [4.69, 9.17) is 0 Å². The van der Waals surface area contributed by atoms with Crippen LogP contribution in [-0.4, -0.2) is 34.6 Å². The topological polar surface area (TPSA) is 40.5 Å². The van der Waals surface area contributed by atoms with Gasteiger partial charge in [0.05, 0.1) is 0 Å². The Balaban J connectivity index is 2.78. The maximum absolute atomic E-state index is 11.3. The molecule has 17 heavy (non-hydrogen) atoms. The van der Waals surface area contributed by atoms with E-state index in [0.29, 0.717) is 17.4 Å². The molecule has 0 heterocycles. The summed E-state index contributed by atoms with van der Waals surface area (Å²) in [6.45, 7) is 10.5. The van der Waals surface area contributed by atoms with Gasteiger partial charge in [-0.3, -0.25) is 9.69 Å². The molecule has 2 unspecified atom stereocenters. The zero-order valence-corrected chi connectivity index (χ0v) is 12.1. The highest BCUT2D eigenvalue weighted by Gasteiger charge is 2.41. The molecule has 100 valence electrons. The lowest BCUT2D eigenvalue weighted by molar-refractivity contribution is -0.151. The second-order valence-corrected chi connectivity index (χ2v) is 6.93. The molecular weight excluding hydrogens is 214 g/mol. The molecule has 0 aromatic rings. The summed E-state index contributed by atoms with van der Waals surface area (Å²) in [6.07, 6.45) is 3.46. The first-order valence-electron chi connectivity index (χ1n) is 6.54. The highest BCUT2D eigenvalue weighted by molar-refractivity contribution is 5.77. The Hall–Kier alpha value is -0.570. The number of nitrogens with zero attached hydrogens (tertiary/aromatic N) is 1. The Bertz CT molecular complexity index is 297. The molecule has 0 radical (unpaired) electrons. The van der Waals surface area contributed by atoms with Crippen LogP contribution in [0.2, 0.25) is 0 Å². The summed E-state index contributed by atoms with van der Waals surface area (Å²) in [5.41, 5.74) is -0.371. The molecule has 1 aliphatic carbocycles. The van der Waals surface area contributed by atoms with Crippen molar-refractivity contribution in [2.75, 3.05) is 7.05 Å². The Morgan fingerprint density at radius 2 is 1.94 bits per heavy atom. The largest absolute Gasteiger partial charge is 0.480 e. The third kappa shape index (κ3) is 3.01. The van der Waals surface area contributed by atoms with Crippen LogP contribution in [0.5, 0.6) is 0 Å². The van der Waals surface area contributed by atoms with Crippen LogP contribution in [0.4, 0.5) is 0 Å². The molecular formula is C14H27NO2. The van der Waals surface area contributed by atoms with Crippen LogP contribution in [0.3, 0.4) is 0 Å². The molecule has 1 N–H and O–H groups in total. The van der Waals surface area contributed by atoms with Crippen molar-refractivity contribution in [2.45, 2.75) is 65.5 Å². The van der Waals surface area contributed by atoms with Crippen molar-refractivity contribution in [2.24, 2.45) is 11.3 Å². The van der Waals surface area contributed by atoms with Gasteiger partial charge in [-0.25, -0.2) is 0 Å². The van der Waals surface area contributed by atoms with Crippen LogP contribution in [0.15, 0.2) is 0 Å². The van der Waals surface area contributed by atoms with Crippen molar-refractivity contribution in [3.05, 3.63) is 0 Å². The summed E-state index contributed by atoms with van der Waals surface area (Å²) < 4.78 is 0. The molecule has 0 saturated heterocycles. The number of carboxylic acids is 1. The highest BCUT2D eigenvalue weighted by Crippen LogP contribution is 2.41. The van der Waals surface area contributed by atoms with Crippen LogP contribution >= 0.6 is 0 Å². The van der Waals surface area contributed by atoms with Crippen molar-refractivity contribution < 1.29 is 9.90 Å². The first-order valence-corrected chi connectivity index (χ1v) is 6.54.